The van der Waals surface area contributed by atoms with Crippen LogP contribution in [0.2, 0.25) is 0 Å². The van der Waals surface area contributed by atoms with Gasteiger partial charge in [0.25, 0.3) is 0 Å². The molecule has 280 valence electrons. The fourth-order valence-corrected chi connectivity index (χ4v) is 14.2. The molecular formula is C54H48IS2+3. The minimum absolute atomic E-state index is 0.140. The van der Waals surface area contributed by atoms with Crippen LogP contribution < -0.4 is 21.2 Å². The van der Waals surface area contributed by atoms with E-state index in [9.17, 15) is 0 Å². The molecule has 0 heterocycles. The molecule has 0 amide bonds. The summed E-state index contributed by atoms with van der Waals surface area (Å²) in [5.74, 6) is 0. The second kappa shape index (κ2) is 18.2. The minimum atomic E-state index is -0.242. The molecule has 0 aliphatic rings. The van der Waals surface area contributed by atoms with Crippen LogP contribution in [-0.2, 0) is 34.6 Å². The van der Waals surface area contributed by atoms with E-state index in [4.69, 9.17) is 0 Å². The first-order valence-electron chi connectivity index (χ1n) is 19.6. The highest BCUT2D eigenvalue weighted by Gasteiger charge is 2.33. The largest absolute Gasteiger partial charge is 0.357 e. The lowest BCUT2D eigenvalue weighted by Gasteiger charge is -2.12. The van der Waals surface area contributed by atoms with E-state index < -0.39 is 0 Å². The highest BCUT2D eigenvalue weighted by atomic mass is 127. The van der Waals surface area contributed by atoms with Crippen molar-refractivity contribution in [1.82, 2.24) is 0 Å². The van der Waals surface area contributed by atoms with Gasteiger partial charge in [0.05, 0.1) is 21.8 Å². The first kappa shape index (κ1) is 39.0. The fraction of sp³-hybridized carbons (Fsp3) is 0.111. The first-order valence-corrected chi connectivity index (χ1v) is 24.2. The average Bonchev–Trinajstić information content (AvgIpc) is 3.23. The highest BCUT2D eigenvalue weighted by molar-refractivity contribution is 7.97. The zero-order valence-electron chi connectivity index (χ0n) is 33.1. The van der Waals surface area contributed by atoms with E-state index >= 15 is 0 Å². The Hall–Kier alpha value is -4.81. The molecule has 3 heteroatoms. The molecule has 0 atom stereocenters. The van der Waals surface area contributed by atoms with Crippen molar-refractivity contribution in [3.8, 4) is 0 Å². The number of hydrogen-bond acceptors (Lipinski definition) is 0. The van der Waals surface area contributed by atoms with Crippen LogP contribution in [0.3, 0.4) is 0 Å². The molecule has 0 spiro atoms. The van der Waals surface area contributed by atoms with Crippen LogP contribution in [0.25, 0.3) is 0 Å². The Morgan fingerprint density at radius 2 is 0.544 bits per heavy atom. The van der Waals surface area contributed by atoms with Crippen molar-refractivity contribution < 1.29 is 21.2 Å². The molecule has 0 nitrogen and oxygen atoms in total. The lowest BCUT2D eigenvalue weighted by Crippen LogP contribution is -3.61. The van der Waals surface area contributed by atoms with Crippen LogP contribution >= 0.6 is 0 Å². The molecule has 8 aromatic rings. The van der Waals surface area contributed by atoms with E-state index in [1.165, 1.54) is 81.0 Å². The van der Waals surface area contributed by atoms with Crippen LogP contribution in [-0.4, -0.2) is 0 Å². The molecule has 0 aliphatic heterocycles. The van der Waals surface area contributed by atoms with Crippen molar-refractivity contribution in [2.24, 2.45) is 0 Å². The third-order valence-corrected chi connectivity index (χ3v) is 18.2. The standard InChI is InChI=1S/C54H48IS2/c1-39-13-5-9-17-51(39)56(52-18-10-6-14-40(52)2)49-33-25-45(26-34-49)37-43-21-29-47(30-22-43)55-48-31-23-44(24-32-48)38-46-27-35-50(36-28-46)57(53-19-11-7-15-41(53)3)54-20-12-8-16-42(54)4/h5-36H,37-38H2,1-4H3/q+3. The van der Waals surface area contributed by atoms with Gasteiger partial charge in [0.2, 0.25) is 0 Å². The SMILES string of the molecule is Cc1ccccc1[S+](c1ccc(Cc2ccc([I+]c3ccc(Cc4ccc([S+](c5ccccc5C)c5ccccc5C)cc4)cc3)cc2)cc1)c1ccccc1C. The second-order valence-electron chi connectivity index (χ2n) is 14.7. The summed E-state index contributed by atoms with van der Waals surface area (Å²) in [6.45, 7) is 8.94. The maximum absolute atomic E-state index is 2.35. The summed E-state index contributed by atoms with van der Waals surface area (Å²) < 4.78 is 2.91. The normalized spacial score (nSPS) is 11.3. The van der Waals surface area contributed by atoms with Crippen molar-refractivity contribution in [2.45, 2.75) is 69.9 Å². The van der Waals surface area contributed by atoms with Gasteiger partial charge in [-0.2, -0.15) is 0 Å². The lowest BCUT2D eigenvalue weighted by atomic mass is 10.1. The van der Waals surface area contributed by atoms with E-state index in [1.807, 2.05) is 0 Å². The molecule has 0 saturated carbocycles. The molecule has 0 fully saturated rings. The van der Waals surface area contributed by atoms with E-state index in [0.717, 1.165) is 12.8 Å². The smallest absolute Gasteiger partial charge is 0.0616 e. The predicted molar refractivity (Wildman–Crippen MR) is 238 cm³/mol. The summed E-state index contributed by atoms with van der Waals surface area (Å²) in [5.41, 5.74) is 10.8. The third-order valence-electron chi connectivity index (χ3n) is 10.4. The van der Waals surface area contributed by atoms with Gasteiger partial charge in [-0.1, -0.05) is 121 Å². The number of hydrogen-bond donors (Lipinski definition) is 0. The summed E-state index contributed by atoms with van der Waals surface area (Å²) >= 11 is -0.242. The molecule has 0 unspecified atom stereocenters. The number of rotatable bonds is 12. The van der Waals surface area contributed by atoms with Crippen LogP contribution in [0.5, 0.6) is 0 Å². The van der Waals surface area contributed by atoms with Crippen molar-refractivity contribution in [3.63, 3.8) is 0 Å². The Kier molecular flexibility index (Phi) is 12.5. The number of benzene rings is 8. The molecule has 0 aliphatic carbocycles. The Balaban J connectivity index is 0.901. The minimum Gasteiger partial charge on any atom is -0.0616 e. The molecule has 8 rings (SSSR count). The Morgan fingerprint density at radius 1 is 0.298 bits per heavy atom. The van der Waals surface area contributed by atoms with Gasteiger partial charge in [0, 0.05) is 22.3 Å². The van der Waals surface area contributed by atoms with Crippen molar-refractivity contribution in [3.05, 3.63) is 246 Å². The Morgan fingerprint density at radius 3 is 0.807 bits per heavy atom. The summed E-state index contributed by atoms with van der Waals surface area (Å²) in [5, 5.41) is 0. The molecule has 0 aromatic heterocycles. The van der Waals surface area contributed by atoms with Gasteiger partial charge < -0.3 is 0 Å². The van der Waals surface area contributed by atoms with Crippen LogP contribution in [0, 0.1) is 34.8 Å². The molecule has 0 bridgehead atoms. The average molecular weight is 888 g/mol. The van der Waals surface area contributed by atoms with Crippen molar-refractivity contribution >= 4 is 21.8 Å². The van der Waals surface area contributed by atoms with Gasteiger partial charge in [-0.15, -0.1) is 0 Å². The third kappa shape index (κ3) is 9.33. The van der Waals surface area contributed by atoms with E-state index in [0.29, 0.717) is 0 Å². The zero-order valence-corrected chi connectivity index (χ0v) is 36.9. The zero-order chi connectivity index (χ0) is 39.1. The summed E-state index contributed by atoms with van der Waals surface area (Å²) in [7, 11) is -0.280. The molecule has 57 heavy (non-hydrogen) atoms. The highest BCUT2D eigenvalue weighted by Crippen LogP contribution is 2.36. The number of aryl methyl sites for hydroxylation is 4. The molecule has 0 saturated heterocycles. The Labute approximate surface area is 356 Å². The van der Waals surface area contributed by atoms with Gasteiger partial charge in [-0.25, -0.2) is 0 Å². The van der Waals surface area contributed by atoms with Gasteiger partial charge in [0.1, 0.15) is 0 Å². The predicted octanol–water partition coefficient (Wildman–Crippen LogP) is 10.4. The van der Waals surface area contributed by atoms with E-state index in [2.05, 4.69) is 222 Å². The second-order valence-corrected chi connectivity index (χ2v) is 21.6. The maximum atomic E-state index is 2.35. The summed E-state index contributed by atoms with van der Waals surface area (Å²) in [6.07, 6.45) is 1.88. The van der Waals surface area contributed by atoms with Crippen LogP contribution in [0.4, 0.5) is 0 Å². The summed E-state index contributed by atoms with van der Waals surface area (Å²) in [6, 6.07) is 72.8. The lowest BCUT2D eigenvalue weighted by molar-refractivity contribution is -0.597. The maximum Gasteiger partial charge on any atom is 0.357 e. The molecule has 0 N–H and O–H groups in total. The molecule has 0 radical (unpaired) electrons. The monoisotopic (exact) mass is 887 g/mol. The topological polar surface area (TPSA) is 0 Å². The van der Waals surface area contributed by atoms with E-state index in [-0.39, 0.29) is 43.0 Å². The van der Waals surface area contributed by atoms with Crippen molar-refractivity contribution in [1.29, 1.82) is 0 Å². The summed E-state index contributed by atoms with van der Waals surface area (Å²) in [4.78, 5) is 8.35. The van der Waals surface area contributed by atoms with Crippen LogP contribution in [0.1, 0.15) is 44.5 Å². The van der Waals surface area contributed by atoms with Crippen LogP contribution in [0.15, 0.2) is 223 Å². The van der Waals surface area contributed by atoms with Gasteiger partial charge in [-0.3, -0.25) is 0 Å². The Bertz CT molecular complexity index is 2300. The molecular weight excluding hydrogens is 840 g/mol. The molecule has 8 aromatic carbocycles. The quantitative estimate of drug-likeness (QED) is 0.0847. The van der Waals surface area contributed by atoms with E-state index in [1.54, 1.807) is 0 Å². The van der Waals surface area contributed by atoms with Crippen molar-refractivity contribution in [2.75, 3.05) is 0 Å². The van der Waals surface area contributed by atoms with Gasteiger partial charge in [0.15, 0.2) is 36.5 Å². The first-order chi connectivity index (χ1) is 27.9. The van der Waals surface area contributed by atoms with Gasteiger partial charge in [-0.05, 0) is 136 Å². The van der Waals surface area contributed by atoms with Gasteiger partial charge >= 0.3 is 21.2 Å². The number of halogens is 1. The fourth-order valence-electron chi connectivity index (χ4n) is 7.30.